The Bertz CT molecular complexity index is 938. The lowest BCUT2D eigenvalue weighted by atomic mass is 10.1. The van der Waals surface area contributed by atoms with Gasteiger partial charge in [0.05, 0.1) is 4.88 Å². The topological polar surface area (TPSA) is 36.4 Å². The number of aryl methyl sites for hydroxylation is 3. The van der Waals surface area contributed by atoms with Gasteiger partial charge in [-0.05, 0) is 60.4 Å². The van der Waals surface area contributed by atoms with Gasteiger partial charge >= 0.3 is 0 Å². The van der Waals surface area contributed by atoms with Crippen LogP contribution >= 0.6 is 22.7 Å². The summed E-state index contributed by atoms with van der Waals surface area (Å²) in [5.41, 5.74) is 4.67. The molecule has 0 bridgehead atoms. The zero-order valence-corrected chi connectivity index (χ0v) is 17.0. The number of amides is 1. The van der Waals surface area contributed by atoms with Gasteiger partial charge in [0.15, 0.2) is 0 Å². The van der Waals surface area contributed by atoms with Crippen molar-refractivity contribution in [2.24, 2.45) is 0 Å². The number of nitrogens with zero attached hydrogens (tertiary/aromatic N) is 3. The number of hydrogen-bond acceptors (Lipinski definition) is 5. The molecule has 1 amide bonds. The number of carbonyl (C=O) groups excluding carboxylic acids is 1. The smallest absolute Gasteiger partial charge is 0.264 e. The van der Waals surface area contributed by atoms with Gasteiger partial charge in [-0.25, -0.2) is 4.98 Å². The van der Waals surface area contributed by atoms with Crippen molar-refractivity contribution in [1.82, 2.24) is 14.8 Å². The molecule has 4 heterocycles. The molecule has 0 aliphatic carbocycles. The van der Waals surface area contributed by atoms with Gasteiger partial charge in [-0.1, -0.05) is 0 Å². The molecule has 0 saturated carbocycles. The molecule has 1 fully saturated rings. The summed E-state index contributed by atoms with van der Waals surface area (Å²) in [6.45, 7) is 10.6. The summed E-state index contributed by atoms with van der Waals surface area (Å²) in [5.74, 6) is 0.165. The molecule has 0 radical (unpaired) electrons. The van der Waals surface area contributed by atoms with E-state index in [0.29, 0.717) is 0 Å². The van der Waals surface area contributed by atoms with Crippen LogP contribution in [0.25, 0.3) is 10.2 Å². The van der Waals surface area contributed by atoms with Gasteiger partial charge in [0.25, 0.3) is 5.91 Å². The van der Waals surface area contributed by atoms with Crippen LogP contribution in [0.1, 0.15) is 32.1 Å². The minimum absolute atomic E-state index is 0.165. The van der Waals surface area contributed by atoms with E-state index in [4.69, 9.17) is 0 Å². The first-order valence-corrected chi connectivity index (χ1v) is 10.7. The maximum atomic E-state index is 13.1. The molecule has 0 spiro atoms. The van der Waals surface area contributed by atoms with Crippen LogP contribution in [0.15, 0.2) is 22.9 Å². The van der Waals surface area contributed by atoms with Gasteiger partial charge in [0.2, 0.25) is 0 Å². The van der Waals surface area contributed by atoms with Crippen LogP contribution in [0, 0.1) is 20.8 Å². The SMILES string of the molecule is Cc1cc(C)c2c(C)c(C(=O)N3CCN(Cc4ccsc4)CC3)sc2n1. The predicted octanol–water partition coefficient (Wildman–Crippen LogP) is 4.24. The molecule has 0 aromatic carbocycles. The Morgan fingerprint density at radius 1 is 1.19 bits per heavy atom. The zero-order valence-electron chi connectivity index (χ0n) is 15.4. The molecule has 0 unspecified atom stereocenters. The maximum Gasteiger partial charge on any atom is 0.264 e. The molecule has 3 aromatic rings. The van der Waals surface area contributed by atoms with Crippen molar-refractivity contribution in [1.29, 1.82) is 0 Å². The summed E-state index contributed by atoms with van der Waals surface area (Å²) in [7, 11) is 0. The quantitative estimate of drug-likeness (QED) is 0.677. The molecule has 136 valence electrons. The highest BCUT2D eigenvalue weighted by molar-refractivity contribution is 7.20. The summed E-state index contributed by atoms with van der Waals surface area (Å²) >= 11 is 3.28. The van der Waals surface area contributed by atoms with E-state index in [1.54, 1.807) is 22.7 Å². The third kappa shape index (κ3) is 3.29. The molecule has 1 aliphatic heterocycles. The van der Waals surface area contributed by atoms with Crippen LogP contribution in [-0.2, 0) is 6.54 Å². The normalized spacial score (nSPS) is 15.7. The minimum Gasteiger partial charge on any atom is -0.335 e. The lowest BCUT2D eigenvalue weighted by molar-refractivity contribution is 0.0633. The number of pyridine rings is 1. The van der Waals surface area contributed by atoms with Gasteiger partial charge in [-0.3, -0.25) is 9.69 Å². The van der Waals surface area contributed by atoms with Gasteiger partial charge in [0, 0.05) is 43.8 Å². The van der Waals surface area contributed by atoms with Crippen LogP contribution in [0.4, 0.5) is 0 Å². The summed E-state index contributed by atoms with van der Waals surface area (Å²) in [6.07, 6.45) is 0. The molecule has 0 atom stereocenters. The van der Waals surface area contributed by atoms with Crippen molar-refractivity contribution in [2.75, 3.05) is 26.2 Å². The molecule has 4 rings (SSSR count). The van der Waals surface area contributed by atoms with Crippen LogP contribution in [-0.4, -0.2) is 46.9 Å². The highest BCUT2D eigenvalue weighted by Gasteiger charge is 2.26. The Morgan fingerprint density at radius 2 is 1.96 bits per heavy atom. The van der Waals surface area contributed by atoms with Crippen molar-refractivity contribution in [3.05, 3.63) is 50.2 Å². The average molecular weight is 386 g/mol. The number of hydrogen-bond donors (Lipinski definition) is 0. The Hall–Kier alpha value is -1.76. The predicted molar refractivity (Wildman–Crippen MR) is 109 cm³/mol. The number of piperazine rings is 1. The molecule has 26 heavy (non-hydrogen) atoms. The second-order valence-corrected chi connectivity index (χ2v) is 8.80. The first-order chi connectivity index (χ1) is 12.5. The molecule has 1 saturated heterocycles. The summed E-state index contributed by atoms with van der Waals surface area (Å²) < 4.78 is 0. The highest BCUT2D eigenvalue weighted by Crippen LogP contribution is 2.33. The van der Waals surface area contributed by atoms with Crippen LogP contribution in [0.5, 0.6) is 0 Å². The van der Waals surface area contributed by atoms with E-state index < -0.39 is 0 Å². The molecule has 6 heteroatoms. The second kappa shape index (κ2) is 7.10. The van der Waals surface area contributed by atoms with Gasteiger partial charge < -0.3 is 4.90 Å². The second-order valence-electron chi connectivity index (χ2n) is 7.02. The Morgan fingerprint density at radius 3 is 2.65 bits per heavy atom. The van der Waals surface area contributed by atoms with Crippen molar-refractivity contribution < 1.29 is 4.79 Å². The highest BCUT2D eigenvalue weighted by atomic mass is 32.1. The van der Waals surface area contributed by atoms with Crippen molar-refractivity contribution in [3.63, 3.8) is 0 Å². The molecule has 0 N–H and O–H groups in total. The van der Waals surface area contributed by atoms with Gasteiger partial charge in [-0.15, -0.1) is 11.3 Å². The monoisotopic (exact) mass is 385 g/mol. The van der Waals surface area contributed by atoms with Gasteiger partial charge in [-0.2, -0.15) is 11.3 Å². The van der Waals surface area contributed by atoms with Crippen LogP contribution in [0.2, 0.25) is 0 Å². The Labute approximate surface area is 162 Å². The first-order valence-electron chi connectivity index (χ1n) is 8.93. The molecular weight excluding hydrogens is 362 g/mol. The molecule has 4 nitrogen and oxygen atoms in total. The standard InChI is InChI=1S/C20H23N3OS2/c1-13-10-14(2)21-19-17(13)15(3)18(26-19)20(24)23-7-5-22(6-8-23)11-16-4-9-25-12-16/h4,9-10,12H,5-8,11H2,1-3H3. The number of rotatable bonds is 3. The number of thiophene rings is 2. The Kier molecular flexibility index (Phi) is 4.82. The van der Waals surface area contributed by atoms with Crippen molar-refractivity contribution >= 4 is 38.8 Å². The van der Waals surface area contributed by atoms with E-state index in [9.17, 15) is 4.79 Å². The Balaban J connectivity index is 1.49. The fraction of sp³-hybridized carbons (Fsp3) is 0.400. The number of fused-ring (bicyclic) bond motifs is 1. The van der Waals surface area contributed by atoms with Crippen LogP contribution in [0.3, 0.4) is 0 Å². The fourth-order valence-electron chi connectivity index (χ4n) is 3.72. The summed E-state index contributed by atoms with van der Waals surface area (Å²) in [4.78, 5) is 24.0. The molecular formula is C20H23N3OS2. The van der Waals surface area contributed by atoms with Gasteiger partial charge in [0.1, 0.15) is 4.83 Å². The van der Waals surface area contributed by atoms with Crippen LogP contribution < -0.4 is 0 Å². The van der Waals surface area contributed by atoms with E-state index in [1.165, 1.54) is 11.1 Å². The van der Waals surface area contributed by atoms with E-state index in [0.717, 1.165) is 59.1 Å². The maximum absolute atomic E-state index is 13.1. The van der Waals surface area contributed by atoms with E-state index in [2.05, 4.69) is 46.6 Å². The summed E-state index contributed by atoms with van der Waals surface area (Å²) in [5, 5.41) is 5.48. The van der Waals surface area contributed by atoms with Crippen molar-refractivity contribution in [2.45, 2.75) is 27.3 Å². The third-order valence-corrected chi connectivity index (χ3v) is 6.97. The lowest BCUT2D eigenvalue weighted by Crippen LogP contribution is -2.48. The number of carbonyl (C=O) groups is 1. The third-order valence-electron chi connectivity index (χ3n) is 5.07. The largest absolute Gasteiger partial charge is 0.335 e. The average Bonchev–Trinajstić information content (AvgIpc) is 3.23. The molecule has 1 aliphatic rings. The lowest BCUT2D eigenvalue weighted by Gasteiger charge is -2.34. The number of aromatic nitrogens is 1. The first kappa shape index (κ1) is 17.6. The minimum atomic E-state index is 0.165. The molecule has 3 aromatic heterocycles. The van der Waals surface area contributed by atoms with E-state index >= 15 is 0 Å². The van der Waals surface area contributed by atoms with E-state index in [-0.39, 0.29) is 5.91 Å². The van der Waals surface area contributed by atoms with Crippen molar-refractivity contribution in [3.8, 4) is 0 Å². The zero-order chi connectivity index (χ0) is 18.3. The fourth-order valence-corrected chi connectivity index (χ4v) is 5.65. The summed E-state index contributed by atoms with van der Waals surface area (Å²) in [6, 6.07) is 4.28. The van der Waals surface area contributed by atoms with E-state index in [1.807, 2.05) is 11.8 Å².